The van der Waals surface area contributed by atoms with Crippen molar-refractivity contribution in [3.05, 3.63) is 40.9 Å². The van der Waals surface area contributed by atoms with Crippen LogP contribution in [0, 0.1) is 0 Å². The molecule has 0 radical (unpaired) electrons. The summed E-state index contributed by atoms with van der Waals surface area (Å²) in [6, 6.07) is 8.29. The number of benzene rings is 1. The summed E-state index contributed by atoms with van der Waals surface area (Å²) < 4.78 is 4.96. The summed E-state index contributed by atoms with van der Waals surface area (Å²) in [5.41, 5.74) is 2.33. The summed E-state index contributed by atoms with van der Waals surface area (Å²) >= 11 is 1.36. The van der Waals surface area contributed by atoms with Crippen LogP contribution >= 0.6 is 11.3 Å². The van der Waals surface area contributed by atoms with Crippen molar-refractivity contribution in [2.24, 2.45) is 0 Å². The molecule has 1 heterocycles. The third-order valence-corrected chi connectivity index (χ3v) is 3.83. The zero-order chi connectivity index (χ0) is 13.8. The lowest BCUT2D eigenvalue weighted by molar-refractivity contribution is 0.0532. The molecule has 0 bridgehead atoms. The number of carbonyl (C=O) groups is 1. The van der Waals surface area contributed by atoms with Crippen LogP contribution in [0.1, 0.15) is 41.9 Å². The molecule has 0 aliphatic heterocycles. The summed E-state index contributed by atoms with van der Waals surface area (Å²) in [5.74, 6) is 0.213. The van der Waals surface area contributed by atoms with E-state index in [1.807, 2.05) is 12.1 Å². The largest absolute Gasteiger partial charge is 0.462 e. The SMILES string of the molecule is CCOC(=O)c1cnc(-c2ccc(C(C)C)cc2)s1. The Morgan fingerprint density at radius 3 is 2.58 bits per heavy atom. The Kier molecular flexibility index (Phi) is 4.32. The number of hydrogen-bond acceptors (Lipinski definition) is 4. The summed E-state index contributed by atoms with van der Waals surface area (Å²) in [7, 11) is 0. The number of thiazole rings is 1. The normalized spacial score (nSPS) is 10.7. The van der Waals surface area contributed by atoms with E-state index in [0.29, 0.717) is 17.4 Å². The number of carbonyl (C=O) groups excluding carboxylic acids is 1. The first-order valence-electron chi connectivity index (χ1n) is 6.35. The first-order chi connectivity index (χ1) is 9.11. The molecule has 1 aromatic carbocycles. The van der Waals surface area contributed by atoms with Gasteiger partial charge in [-0.2, -0.15) is 0 Å². The van der Waals surface area contributed by atoms with Crippen molar-refractivity contribution >= 4 is 17.3 Å². The van der Waals surface area contributed by atoms with Crippen LogP contribution in [-0.2, 0) is 4.74 Å². The number of esters is 1. The molecule has 0 atom stereocenters. The Balaban J connectivity index is 2.20. The van der Waals surface area contributed by atoms with Crippen molar-refractivity contribution in [1.29, 1.82) is 0 Å². The highest BCUT2D eigenvalue weighted by Crippen LogP contribution is 2.27. The molecule has 0 aliphatic rings. The molecule has 0 N–H and O–H groups in total. The van der Waals surface area contributed by atoms with Gasteiger partial charge in [-0.15, -0.1) is 11.3 Å². The van der Waals surface area contributed by atoms with E-state index in [0.717, 1.165) is 10.6 Å². The molecule has 0 amide bonds. The van der Waals surface area contributed by atoms with E-state index in [-0.39, 0.29) is 5.97 Å². The summed E-state index contributed by atoms with van der Waals surface area (Å²) in [4.78, 5) is 16.4. The molecule has 2 aromatic rings. The van der Waals surface area contributed by atoms with E-state index in [1.165, 1.54) is 16.9 Å². The van der Waals surface area contributed by atoms with Crippen LogP contribution in [0.3, 0.4) is 0 Å². The molecule has 100 valence electrons. The zero-order valence-electron chi connectivity index (χ0n) is 11.3. The quantitative estimate of drug-likeness (QED) is 0.788. The van der Waals surface area contributed by atoms with Crippen molar-refractivity contribution in [3.8, 4) is 10.6 Å². The lowest BCUT2D eigenvalue weighted by Crippen LogP contribution is -2.01. The van der Waals surface area contributed by atoms with Gasteiger partial charge < -0.3 is 4.74 Å². The monoisotopic (exact) mass is 275 g/mol. The summed E-state index contributed by atoms with van der Waals surface area (Å²) in [6.07, 6.45) is 1.58. The molecule has 0 saturated heterocycles. The van der Waals surface area contributed by atoms with E-state index in [1.54, 1.807) is 13.1 Å². The standard InChI is InChI=1S/C15H17NO2S/c1-4-18-15(17)13-9-16-14(19-13)12-7-5-11(6-8-12)10(2)3/h5-10H,4H2,1-3H3. The minimum absolute atomic E-state index is 0.301. The fourth-order valence-electron chi connectivity index (χ4n) is 1.71. The molecular formula is C15H17NO2S. The van der Waals surface area contributed by atoms with E-state index in [2.05, 4.69) is 31.0 Å². The van der Waals surface area contributed by atoms with Crippen molar-refractivity contribution in [3.63, 3.8) is 0 Å². The van der Waals surface area contributed by atoms with Gasteiger partial charge in [0.05, 0.1) is 12.8 Å². The van der Waals surface area contributed by atoms with Gasteiger partial charge in [0.2, 0.25) is 0 Å². The Bertz CT molecular complexity index is 558. The average molecular weight is 275 g/mol. The predicted octanol–water partition coefficient (Wildman–Crippen LogP) is 4.11. The highest BCUT2D eigenvalue weighted by molar-refractivity contribution is 7.16. The Labute approximate surface area is 117 Å². The average Bonchev–Trinajstić information content (AvgIpc) is 2.89. The fourth-order valence-corrected chi connectivity index (χ4v) is 2.53. The molecule has 0 fully saturated rings. The smallest absolute Gasteiger partial charge is 0.349 e. The molecule has 1 aromatic heterocycles. The number of hydrogen-bond donors (Lipinski definition) is 0. The minimum atomic E-state index is -0.301. The van der Waals surface area contributed by atoms with Gasteiger partial charge in [0, 0.05) is 5.56 Å². The van der Waals surface area contributed by atoms with E-state index in [4.69, 9.17) is 4.74 Å². The lowest BCUT2D eigenvalue weighted by atomic mass is 10.0. The third kappa shape index (κ3) is 3.20. The first-order valence-corrected chi connectivity index (χ1v) is 7.16. The maximum Gasteiger partial charge on any atom is 0.349 e. The van der Waals surface area contributed by atoms with Crippen LogP contribution in [0.5, 0.6) is 0 Å². The molecule has 2 rings (SSSR count). The van der Waals surface area contributed by atoms with Crippen molar-refractivity contribution < 1.29 is 9.53 Å². The topological polar surface area (TPSA) is 39.2 Å². The van der Waals surface area contributed by atoms with E-state index < -0.39 is 0 Å². The molecule has 3 nitrogen and oxygen atoms in total. The number of nitrogens with zero attached hydrogens (tertiary/aromatic N) is 1. The van der Waals surface area contributed by atoms with Crippen molar-refractivity contribution in [2.45, 2.75) is 26.7 Å². The van der Waals surface area contributed by atoms with Gasteiger partial charge in [-0.25, -0.2) is 9.78 Å². The van der Waals surface area contributed by atoms with Crippen LogP contribution in [0.25, 0.3) is 10.6 Å². The third-order valence-electron chi connectivity index (χ3n) is 2.81. The Morgan fingerprint density at radius 1 is 1.32 bits per heavy atom. The second kappa shape index (κ2) is 5.97. The van der Waals surface area contributed by atoms with Gasteiger partial charge in [-0.1, -0.05) is 38.1 Å². The van der Waals surface area contributed by atoms with Gasteiger partial charge in [-0.05, 0) is 18.4 Å². The van der Waals surface area contributed by atoms with Gasteiger partial charge in [-0.3, -0.25) is 0 Å². The summed E-state index contributed by atoms with van der Waals surface area (Å²) in [5, 5.41) is 0.846. The predicted molar refractivity (Wildman–Crippen MR) is 77.6 cm³/mol. The Hall–Kier alpha value is -1.68. The van der Waals surface area contributed by atoms with Gasteiger partial charge in [0.1, 0.15) is 9.88 Å². The summed E-state index contributed by atoms with van der Waals surface area (Å²) in [6.45, 7) is 6.51. The van der Waals surface area contributed by atoms with E-state index >= 15 is 0 Å². The van der Waals surface area contributed by atoms with Crippen LogP contribution in [0.4, 0.5) is 0 Å². The molecule has 0 saturated carbocycles. The zero-order valence-corrected chi connectivity index (χ0v) is 12.2. The molecule has 0 aliphatic carbocycles. The van der Waals surface area contributed by atoms with Crippen LogP contribution in [-0.4, -0.2) is 17.6 Å². The number of rotatable bonds is 4. The molecule has 4 heteroatoms. The second-order valence-electron chi connectivity index (χ2n) is 4.53. The molecule has 0 spiro atoms. The van der Waals surface area contributed by atoms with Crippen molar-refractivity contribution in [2.75, 3.05) is 6.61 Å². The number of aromatic nitrogens is 1. The van der Waals surface area contributed by atoms with Gasteiger partial charge >= 0.3 is 5.97 Å². The highest BCUT2D eigenvalue weighted by Gasteiger charge is 2.12. The van der Waals surface area contributed by atoms with Gasteiger partial charge in [0.15, 0.2) is 0 Å². The van der Waals surface area contributed by atoms with Crippen molar-refractivity contribution in [1.82, 2.24) is 4.98 Å². The van der Waals surface area contributed by atoms with Crippen LogP contribution in [0.15, 0.2) is 30.5 Å². The molecule has 19 heavy (non-hydrogen) atoms. The first kappa shape index (κ1) is 13.7. The molecular weight excluding hydrogens is 258 g/mol. The number of ether oxygens (including phenoxy) is 1. The fraction of sp³-hybridized carbons (Fsp3) is 0.333. The van der Waals surface area contributed by atoms with Gasteiger partial charge in [0.25, 0.3) is 0 Å². The minimum Gasteiger partial charge on any atom is -0.462 e. The van der Waals surface area contributed by atoms with Crippen LogP contribution in [0.2, 0.25) is 0 Å². The Morgan fingerprint density at radius 2 is 2.00 bits per heavy atom. The maximum absolute atomic E-state index is 11.6. The molecule has 0 unspecified atom stereocenters. The van der Waals surface area contributed by atoms with E-state index in [9.17, 15) is 4.79 Å². The maximum atomic E-state index is 11.6. The highest BCUT2D eigenvalue weighted by atomic mass is 32.1. The second-order valence-corrected chi connectivity index (χ2v) is 5.56. The van der Waals surface area contributed by atoms with Crippen LogP contribution < -0.4 is 0 Å². The lowest BCUT2D eigenvalue weighted by Gasteiger charge is -2.05.